The highest BCUT2D eigenvalue weighted by Gasteiger charge is 2.10. The number of hydrogen-bond donors (Lipinski definition) is 1. The van der Waals surface area contributed by atoms with Gasteiger partial charge in [-0.1, -0.05) is 0 Å². The van der Waals surface area contributed by atoms with Crippen molar-refractivity contribution >= 4 is 23.3 Å². The van der Waals surface area contributed by atoms with Gasteiger partial charge in [-0.2, -0.15) is 0 Å². The van der Waals surface area contributed by atoms with Crippen LogP contribution in [-0.4, -0.2) is 42.0 Å². The molecule has 0 atom stereocenters. The summed E-state index contributed by atoms with van der Waals surface area (Å²) >= 11 is 1.47. The van der Waals surface area contributed by atoms with Crippen molar-refractivity contribution < 1.29 is 9.18 Å². The Kier molecular flexibility index (Phi) is 5.72. The highest BCUT2D eigenvalue weighted by atomic mass is 32.1. The minimum atomic E-state index is -0.263. The third-order valence-corrected chi connectivity index (χ3v) is 4.85. The molecule has 1 fully saturated rings. The van der Waals surface area contributed by atoms with E-state index >= 15 is 0 Å². The number of rotatable bonds is 6. The Morgan fingerprint density at radius 3 is 2.79 bits per heavy atom. The summed E-state index contributed by atoms with van der Waals surface area (Å²) in [6.07, 6.45) is 5.73. The molecular formula is C18H20FN3OS. The second kappa shape index (κ2) is 8.17. The molecule has 1 saturated heterocycles. The quantitative estimate of drug-likeness (QED) is 0.818. The monoisotopic (exact) mass is 345 g/mol. The highest BCUT2D eigenvalue weighted by Crippen LogP contribution is 2.24. The molecular weight excluding hydrogens is 325 g/mol. The molecule has 126 valence electrons. The minimum absolute atomic E-state index is 0.106. The predicted molar refractivity (Wildman–Crippen MR) is 95.2 cm³/mol. The number of carbonyl (C=O) groups excluding carboxylic acids is 1. The fourth-order valence-electron chi connectivity index (χ4n) is 2.65. The van der Waals surface area contributed by atoms with Crippen molar-refractivity contribution in [3.63, 3.8) is 0 Å². The lowest BCUT2D eigenvalue weighted by molar-refractivity contribution is -0.116. The number of nitrogens with one attached hydrogen (secondary N) is 1. The van der Waals surface area contributed by atoms with Gasteiger partial charge in [0.05, 0.1) is 5.69 Å². The van der Waals surface area contributed by atoms with Crippen molar-refractivity contribution in [1.82, 2.24) is 15.2 Å². The van der Waals surface area contributed by atoms with E-state index in [1.807, 2.05) is 5.38 Å². The van der Waals surface area contributed by atoms with Crippen LogP contribution in [0.15, 0.2) is 35.7 Å². The van der Waals surface area contributed by atoms with E-state index in [1.165, 1.54) is 42.4 Å². The normalized spacial score (nSPS) is 15.2. The molecule has 4 nitrogen and oxygen atoms in total. The molecule has 24 heavy (non-hydrogen) atoms. The number of thiazole rings is 1. The van der Waals surface area contributed by atoms with Gasteiger partial charge in [0.25, 0.3) is 0 Å². The summed E-state index contributed by atoms with van der Waals surface area (Å²) in [6.45, 7) is 3.85. The van der Waals surface area contributed by atoms with Gasteiger partial charge in [0.2, 0.25) is 5.91 Å². The average molecular weight is 345 g/mol. The number of halogens is 1. The molecule has 1 aromatic carbocycles. The number of benzene rings is 1. The lowest BCUT2D eigenvalue weighted by Gasteiger charge is -2.13. The molecule has 1 N–H and O–H groups in total. The third-order valence-electron chi connectivity index (χ3n) is 3.94. The molecule has 3 rings (SSSR count). The molecule has 1 aliphatic rings. The molecule has 0 spiro atoms. The molecule has 2 aromatic rings. The van der Waals surface area contributed by atoms with E-state index in [2.05, 4.69) is 15.2 Å². The van der Waals surface area contributed by atoms with Gasteiger partial charge < -0.3 is 10.2 Å². The van der Waals surface area contributed by atoms with Crippen LogP contribution in [0.2, 0.25) is 0 Å². The topological polar surface area (TPSA) is 45.2 Å². The zero-order valence-corrected chi connectivity index (χ0v) is 14.2. The Morgan fingerprint density at radius 2 is 2.04 bits per heavy atom. The van der Waals surface area contributed by atoms with Crippen LogP contribution in [0.1, 0.15) is 18.5 Å². The lowest BCUT2D eigenvalue weighted by atomic mass is 10.2. The zero-order valence-electron chi connectivity index (χ0n) is 13.4. The Morgan fingerprint density at radius 1 is 1.29 bits per heavy atom. The number of likely N-dealkylation sites (tertiary alicyclic amines) is 1. The smallest absolute Gasteiger partial charge is 0.244 e. The van der Waals surface area contributed by atoms with Gasteiger partial charge in [0.15, 0.2) is 0 Å². The van der Waals surface area contributed by atoms with Crippen molar-refractivity contribution in [2.45, 2.75) is 12.8 Å². The molecule has 0 radical (unpaired) electrons. The summed E-state index contributed by atoms with van der Waals surface area (Å²) in [5, 5.41) is 5.58. The molecule has 0 bridgehead atoms. The standard InChI is InChI=1S/C18H20FN3OS/c19-15-5-3-14(4-6-15)18-21-16(13-24-18)7-8-17(23)20-9-12-22-10-1-2-11-22/h3-8,13H,1-2,9-12H2,(H,20,23)/b8-7+. The highest BCUT2D eigenvalue weighted by molar-refractivity contribution is 7.13. The number of nitrogens with zero attached hydrogens (tertiary/aromatic N) is 2. The van der Waals surface area contributed by atoms with Gasteiger partial charge in [-0.05, 0) is 56.3 Å². The van der Waals surface area contributed by atoms with Gasteiger partial charge >= 0.3 is 0 Å². The van der Waals surface area contributed by atoms with Crippen molar-refractivity contribution in [3.05, 3.63) is 47.2 Å². The first kappa shape index (κ1) is 16.8. The number of hydrogen-bond acceptors (Lipinski definition) is 4. The van der Waals surface area contributed by atoms with E-state index in [0.29, 0.717) is 6.54 Å². The zero-order chi connectivity index (χ0) is 16.8. The molecule has 0 unspecified atom stereocenters. The van der Waals surface area contributed by atoms with Crippen molar-refractivity contribution in [3.8, 4) is 10.6 Å². The second-order valence-corrected chi connectivity index (χ2v) is 6.62. The molecule has 2 heterocycles. The molecule has 0 saturated carbocycles. The first-order chi connectivity index (χ1) is 11.7. The fraction of sp³-hybridized carbons (Fsp3) is 0.333. The maximum absolute atomic E-state index is 12.9. The van der Waals surface area contributed by atoms with Gasteiger partial charge in [-0.25, -0.2) is 9.37 Å². The summed E-state index contributed by atoms with van der Waals surface area (Å²) in [7, 11) is 0. The van der Waals surface area contributed by atoms with E-state index in [4.69, 9.17) is 0 Å². The van der Waals surface area contributed by atoms with Crippen LogP contribution in [0.5, 0.6) is 0 Å². The van der Waals surface area contributed by atoms with Crippen molar-refractivity contribution in [2.24, 2.45) is 0 Å². The number of carbonyl (C=O) groups is 1. The van der Waals surface area contributed by atoms with E-state index in [0.717, 1.165) is 35.9 Å². The van der Waals surface area contributed by atoms with E-state index in [1.54, 1.807) is 18.2 Å². The molecule has 0 aliphatic carbocycles. The molecule has 1 aromatic heterocycles. The Hall–Kier alpha value is -2.05. The maximum atomic E-state index is 12.9. The van der Waals surface area contributed by atoms with Crippen molar-refractivity contribution in [2.75, 3.05) is 26.2 Å². The summed E-state index contributed by atoms with van der Waals surface area (Å²) < 4.78 is 12.9. The van der Waals surface area contributed by atoms with Crippen LogP contribution in [0.25, 0.3) is 16.6 Å². The van der Waals surface area contributed by atoms with E-state index < -0.39 is 0 Å². The SMILES string of the molecule is O=C(/C=C/c1csc(-c2ccc(F)cc2)n1)NCCN1CCCC1. The van der Waals surface area contributed by atoms with Crippen molar-refractivity contribution in [1.29, 1.82) is 0 Å². The third kappa shape index (κ3) is 4.72. The average Bonchev–Trinajstić information content (AvgIpc) is 3.25. The summed E-state index contributed by atoms with van der Waals surface area (Å²) in [5.41, 5.74) is 1.60. The van der Waals surface area contributed by atoms with Crippen LogP contribution in [0, 0.1) is 5.82 Å². The maximum Gasteiger partial charge on any atom is 0.244 e. The van der Waals surface area contributed by atoms with Gasteiger partial charge in [-0.15, -0.1) is 11.3 Å². The van der Waals surface area contributed by atoms with Crippen LogP contribution in [0.3, 0.4) is 0 Å². The van der Waals surface area contributed by atoms with Crippen LogP contribution in [0.4, 0.5) is 4.39 Å². The van der Waals surface area contributed by atoms with Crippen LogP contribution >= 0.6 is 11.3 Å². The Bertz CT molecular complexity index is 705. The number of aromatic nitrogens is 1. The number of amides is 1. The molecule has 6 heteroatoms. The fourth-order valence-corrected chi connectivity index (χ4v) is 3.45. The Balaban J connectivity index is 1.49. The first-order valence-electron chi connectivity index (χ1n) is 8.10. The van der Waals surface area contributed by atoms with Gasteiger partial charge in [0.1, 0.15) is 10.8 Å². The Labute approximate surface area is 145 Å². The summed E-state index contributed by atoms with van der Waals surface area (Å²) in [6, 6.07) is 6.24. The summed E-state index contributed by atoms with van der Waals surface area (Å²) in [5.74, 6) is -0.369. The van der Waals surface area contributed by atoms with Gasteiger partial charge in [-0.3, -0.25) is 4.79 Å². The molecule has 1 amide bonds. The predicted octanol–water partition coefficient (Wildman–Crippen LogP) is 3.17. The van der Waals surface area contributed by atoms with E-state index in [9.17, 15) is 9.18 Å². The van der Waals surface area contributed by atoms with E-state index in [-0.39, 0.29) is 11.7 Å². The van der Waals surface area contributed by atoms with Gasteiger partial charge in [0, 0.05) is 30.1 Å². The minimum Gasteiger partial charge on any atom is -0.351 e. The second-order valence-electron chi connectivity index (χ2n) is 5.76. The van der Waals surface area contributed by atoms with Crippen LogP contribution in [-0.2, 0) is 4.79 Å². The summed E-state index contributed by atoms with van der Waals surface area (Å²) in [4.78, 5) is 18.6. The largest absolute Gasteiger partial charge is 0.351 e. The van der Waals surface area contributed by atoms with Crippen LogP contribution < -0.4 is 5.32 Å². The molecule has 1 aliphatic heterocycles. The first-order valence-corrected chi connectivity index (χ1v) is 8.98. The lowest BCUT2D eigenvalue weighted by Crippen LogP contribution is -2.32.